The Morgan fingerprint density at radius 1 is 1.56 bits per heavy atom. The Morgan fingerprint density at radius 2 is 2.38 bits per heavy atom. The van der Waals surface area contributed by atoms with Crippen LogP contribution in [0, 0.1) is 0 Å². The zero-order valence-electron chi connectivity index (χ0n) is 8.91. The van der Waals surface area contributed by atoms with Crippen LogP contribution in [-0.4, -0.2) is 18.1 Å². The molecule has 1 aromatic carbocycles. The lowest BCUT2D eigenvalue weighted by atomic mass is 9.89. The van der Waals surface area contributed by atoms with E-state index in [9.17, 15) is 9.90 Å². The monoisotopic (exact) mass is 239 g/mol. The van der Waals surface area contributed by atoms with Crippen molar-refractivity contribution in [2.45, 2.75) is 24.8 Å². The lowest BCUT2D eigenvalue weighted by Crippen LogP contribution is -2.97. The first-order valence-corrected chi connectivity index (χ1v) is 5.80. The van der Waals surface area contributed by atoms with E-state index in [1.54, 1.807) is 6.07 Å². The summed E-state index contributed by atoms with van der Waals surface area (Å²) in [7, 11) is 0. The number of hydrogen-bond donors (Lipinski definition) is 1. The van der Waals surface area contributed by atoms with E-state index in [-0.39, 0.29) is 0 Å². The molecule has 0 aromatic heterocycles. The smallest absolute Gasteiger partial charge is 0.140 e. The third-order valence-electron chi connectivity index (χ3n) is 3.18. The van der Waals surface area contributed by atoms with Gasteiger partial charge in [0.25, 0.3) is 0 Å². The second-order valence-electron chi connectivity index (χ2n) is 4.35. The van der Waals surface area contributed by atoms with Crippen molar-refractivity contribution in [3.05, 3.63) is 34.9 Å². The Balaban J connectivity index is 2.21. The normalized spacial score (nSPS) is 24.6. The second kappa shape index (κ2) is 4.44. The fourth-order valence-corrected chi connectivity index (χ4v) is 2.54. The van der Waals surface area contributed by atoms with Crippen LogP contribution in [0.25, 0.3) is 0 Å². The molecule has 0 saturated carbocycles. The molecule has 1 saturated heterocycles. The predicted molar refractivity (Wildman–Crippen MR) is 58.9 cm³/mol. The summed E-state index contributed by atoms with van der Waals surface area (Å²) in [6.07, 6.45) is 2.08. The molecule has 0 spiro atoms. The van der Waals surface area contributed by atoms with Crippen molar-refractivity contribution in [3.63, 3.8) is 0 Å². The molecule has 1 atom stereocenters. The van der Waals surface area contributed by atoms with Crippen LogP contribution in [0.1, 0.15) is 18.4 Å². The molecule has 1 aliphatic rings. The third kappa shape index (κ3) is 2.20. The van der Waals surface area contributed by atoms with Crippen molar-refractivity contribution in [2.75, 3.05) is 6.54 Å². The third-order valence-corrected chi connectivity index (χ3v) is 3.41. The minimum absolute atomic E-state index is 0.482. The van der Waals surface area contributed by atoms with Crippen LogP contribution in [0.4, 0.5) is 0 Å². The lowest BCUT2D eigenvalue weighted by Gasteiger charge is -2.27. The maximum Gasteiger partial charge on any atom is 0.140 e. The summed E-state index contributed by atoms with van der Waals surface area (Å²) in [4.78, 5) is 11.2. The zero-order valence-corrected chi connectivity index (χ0v) is 9.67. The molecule has 0 bridgehead atoms. The number of quaternary nitrogens is 1. The summed E-state index contributed by atoms with van der Waals surface area (Å²) in [5, 5.41) is 13.8. The second-order valence-corrected chi connectivity index (χ2v) is 4.78. The van der Waals surface area contributed by atoms with E-state index in [2.05, 4.69) is 0 Å². The van der Waals surface area contributed by atoms with Gasteiger partial charge in [0.1, 0.15) is 11.5 Å². The molecule has 0 radical (unpaired) electrons. The quantitative estimate of drug-likeness (QED) is 0.790. The number of carbonyl (C=O) groups excluding carboxylic acids is 1. The van der Waals surface area contributed by atoms with Crippen LogP contribution in [0.15, 0.2) is 24.3 Å². The van der Waals surface area contributed by atoms with Crippen molar-refractivity contribution < 1.29 is 15.2 Å². The van der Waals surface area contributed by atoms with Gasteiger partial charge in [0, 0.05) is 24.3 Å². The number of aliphatic carboxylic acids is 1. The topological polar surface area (TPSA) is 56.7 Å². The Bertz CT molecular complexity index is 400. The fraction of sp³-hybridized carbons (Fsp3) is 0.417. The van der Waals surface area contributed by atoms with Gasteiger partial charge in [-0.2, -0.15) is 0 Å². The highest BCUT2D eigenvalue weighted by Gasteiger charge is 2.39. The SMILES string of the molecule is O=C([O-])[C@@]1(Cc2cccc(Cl)c2)CCC[NH2+]1. The molecule has 0 amide bonds. The molecular formula is C12H14ClNO2. The Hall–Kier alpha value is -1.06. The van der Waals surface area contributed by atoms with Crippen LogP contribution in [0.5, 0.6) is 0 Å². The predicted octanol–water partition coefficient (Wildman–Crippen LogP) is -0.272. The summed E-state index contributed by atoms with van der Waals surface area (Å²) in [5.41, 5.74) is 0.167. The number of nitrogens with two attached hydrogens (primary N) is 1. The molecular weight excluding hydrogens is 226 g/mol. The number of carboxylic acids is 1. The van der Waals surface area contributed by atoms with Gasteiger partial charge in [0.2, 0.25) is 0 Å². The maximum atomic E-state index is 11.2. The van der Waals surface area contributed by atoms with Crippen molar-refractivity contribution in [1.82, 2.24) is 0 Å². The first-order valence-electron chi connectivity index (χ1n) is 5.43. The first-order chi connectivity index (χ1) is 7.62. The number of rotatable bonds is 3. The van der Waals surface area contributed by atoms with E-state index in [1.807, 2.05) is 23.5 Å². The van der Waals surface area contributed by atoms with Crippen molar-refractivity contribution >= 4 is 17.6 Å². The molecule has 1 aliphatic heterocycles. The summed E-state index contributed by atoms with van der Waals surface area (Å²) in [6.45, 7) is 0.856. The van der Waals surface area contributed by atoms with Crippen molar-refractivity contribution in [3.8, 4) is 0 Å². The largest absolute Gasteiger partial charge is 0.544 e. The number of halogens is 1. The van der Waals surface area contributed by atoms with E-state index in [0.717, 1.165) is 18.5 Å². The minimum Gasteiger partial charge on any atom is -0.544 e. The molecule has 2 rings (SSSR count). The van der Waals surface area contributed by atoms with E-state index in [1.165, 1.54) is 0 Å². The van der Waals surface area contributed by atoms with Gasteiger partial charge in [-0.1, -0.05) is 23.7 Å². The van der Waals surface area contributed by atoms with Crippen molar-refractivity contribution in [1.29, 1.82) is 0 Å². The van der Waals surface area contributed by atoms with Gasteiger partial charge in [0.15, 0.2) is 0 Å². The number of carboxylic acid groups (broad SMARTS) is 1. The average molecular weight is 240 g/mol. The van der Waals surface area contributed by atoms with Crippen LogP contribution in [-0.2, 0) is 11.2 Å². The number of benzene rings is 1. The van der Waals surface area contributed by atoms with Gasteiger partial charge in [-0.25, -0.2) is 0 Å². The van der Waals surface area contributed by atoms with E-state index in [0.29, 0.717) is 17.9 Å². The molecule has 0 unspecified atom stereocenters. The van der Waals surface area contributed by atoms with Gasteiger partial charge in [-0.3, -0.25) is 0 Å². The molecule has 1 aromatic rings. The summed E-state index contributed by atoms with van der Waals surface area (Å²) in [6, 6.07) is 7.35. The first kappa shape index (κ1) is 11.4. The summed E-state index contributed by atoms with van der Waals surface area (Å²) in [5.74, 6) is -0.968. The van der Waals surface area contributed by atoms with Crippen LogP contribution in [0.3, 0.4) is 0 Å². The molecule has 1 fully saturated rings. The van der Waals surface area contributed by atoms with Gasteiger partial charge in [-0.15, -0.1) is 0 Å². The van der Waals surface area contributed by atoms with E-state index in [4.69, 9.17) is 11.6 Å². The molecule has 16 heavy (non-hydrogen) atoms. The van der Waals surface area contributed by atoms with Gasteiger partial charge >= 0.3 is 0 Å². The Kier molecular flexibility index (Phi) is 3.17. The molecule has 1 heterocycles. The summed E-state index contributed by atoms with van der Waals surface area (Å²) >= 11 is 5.88. The maximum absolute atomic E-state index is 11.2. The highest BCUT2D eigenvalue weighted by molar-refractivity contribution is 6.30. The molecule has 2 N–H and O–H groups in total. The average Bonchev–Trinajstić information content (AvgIpc) is 2.67. The van der Waals surface area contributed by atoms with Crippen molar-refractivity contribution in [2.24, 2.45) is 0 Å². The number of carbonyl (C=O) groups is 1. The lowest BCUT2D eigenvalue weighted by molar-refractivity contribution is -0.700. The number of hydrogen-bond acceptors (Lipinski definition) is 2. The van der Waals surface area contributed by atoms with Gasteiger partial charge in [-0.05, 0) is 17.7 Å². The van der Waals surface area contributed by atoms with E-state index < -0.39 is 11.5 Å². The van der Waals surface area contributed by atoms with Crippen LogP contribution < -0.4 is 10.4 Å². The summed E-state index contributed by atoms with van der Waals surface area (Å²) < 4.78 is 0. The molecule has 4 heteroatoms. The van der Waals surface area contributed by atoms with E-state index >= 15 is 0 Å². The van der Waals surface area contributed by atoms with Gasteiger partial charge in [0.05, 0.1) is 6.54 Å². The van der Waals surface area contributed by atoms with Crippen LogP contribution in [0.2, 0.25) is 5.02 Å². The van der Waals surface area contributed by atoms with Gasteiger partial charge < -0.3 is 15.2 Å². The highest BCUT2D eigenvalue weighted by atomic mass is 35.5. The van der Waals surface area contributed by atoms with Crippen LogP contribution >= 0.6 is 11.6 Å². The zero-order chi connectivity index (χ0) is 11.6. The fourth-order valence-electron chi connectivity index (χ4n) is 2.33. The Labute approximate surface area is 99.4 Å². The molecule has 3 nitrogen and oxygen atoms in total. The Morgan fingerprint density at radius 3 is 2.94 bits per heavy atom. The standard InChI is InChI=1S/C12H14ClNO2/c13-10-4-1-3-9(7-10)8-12(11(15)16)5-2-6-14-12/h1,3-4,7,14H,2,5-6,8H2,(H,15,16)/t12-/m0/s1. The molecule has 0 aliphatic carbocycles. The minimum atomic E-state index is -0.968. The highest BCUT2D eigenvalue weighted by Crippen LogP contribution is 2.20. The molecule has 86 valence electrons.